The maximum absolute atomic E-state index is 12.8. The SMILES string of the molecule is Cc1ccc(OCc2ccc(F)cc2)c(/C=C/C(=O)O)n1. The van der Waals surface area contributed by atoms with E-state index in [9.17, 15) is 9.18 Å². The first-order chi connectivity index (χ1) is 10.0. The van der Waals surface area contributed by atoms with E-state index in [0.717, 1.165) is 17.3 Å². The average molecular weight is 287 g/mol. The Morgan fingerprint density at radius 1 is 1.29 bits per heavy atom. The van der Waals surface area contributed by atoms with Gasteiger partial charge in [-0.25, -0.2) is 14.2 Å². The molecule has 0 bridgehead atoms. The predicted molar refractivity (Wildman–Crippen MR) is 76.4 cm³/mol. The van der Waals surface area contributed by atoms with Crippen molar-refractivity contribution in [3.8, 4) is 5.75 Å². The Bertz CT molecular complexity index is 666. The largest absolute Gasteiger partial charge is 0.487 e. The van der Waals surface area contributed by atoms with Crippen LogP contribution >= 0.6 is 0 Å². The fourth-order valence-corrected chi connectivity index (χ4v) is 1.70. The number of aromatic nitrogens is 1. The third-order valence-electron chi connectivity index (χ3n) is 2.72. The molecule has 1 aromatic carbocycles. The second-order valence-electron chi connectivity index (χ2n) is 4.42. The molecule has 0 aliphatic heterocycles. The summed E-state index contributed by atoms with van der Waals surface area (Å²) < 4.78 is 18.4. The van der Waals surface area contributed by atoms with Gasteiger partial charge in [0.05, 0.1) is 0 Å². The van der Waals surface area contributed by atoms with E-state index in [1.54, 1.807) is 24.3 Å². The lowest BCUT2D eigenvalue weighted by atomic mass is 10.2. The van der Waals surface area contributed by atoms with E-state index in [0.29, 0.717) is 11.4 Å². The molecule has 0 aliphatic carbocycles. The number of aryl methyl sites for hydroxylation is 1. The van der Waals surface area contributed by atoms with Crippen LogP contribution in [0.25, 0.3) is 6.08 Å². The van der Waals surface area contributed by atoms with Crippen LogP contribution in [0.2, 0.25) is 0 Å². The Morgan fingerprint density at radius 2 is 2.00 bits per heavy atom. The van der Waals surface area contributed by atoms with Crippen molar-refractivity contribution >= 4 is 12.0 Å². The fraction of sp³-hybridized carbons (Fsp3) is 0.125. The van der Waals surface area contributed by atoms with Gasteiger partial charge < -0.3 is 9.84 Å². The molecule has 0 saturated heterocycles. The van der Waals surface area contributed by atoms with Gasteiger partial charge in [0.25, 0.3) is 0 Å². The molecule has 108 valence electrons. The Balaban J connectivity index is 2.15. The number of nitrogens with zero attached hydrogens (tertiary/aromatic N) is 1. The standard InChI is InChI=1S/C16H14FNO3/c1-11-2-8-15(14(18-11)7-9-16(19)20)21-10-12-3-5-13(17)6-4-12/h2-9H,10H2,1H3,(H,19,20)/b9-7+. The molecule has 0 radical (unpaired) electrons. The molecule has 0 unspecified atom stereocenters. The third-order valence-corrected chi connectivity index (χ3v) is 2.72. The molecule has 4 nitrogen and oxygen atoms in total. The van der Waals surface area contributed by atoms with Crippen LogP contribution in [0, 0.1) is 12.7 Å². The zero-order valence-electron chi connectivity index (χ0n) is 11.4. The van der Waals surface area contributed by atoms with Gasteiger partial charge >= 0.3 is 5.97 Å². The van der Waals surface area contributed by atoms with Crippen LogP contribution in [0.5, 0.6) is 5.75 Å². The summed E-state index contributed by atoms with van der Waals surface area (Å²) in [7, 11) is 0. The first-order valence-corrected chi connectivity index (χ1v) is 6.30. The van der Waals surface area contributed by atoms with Gasteiger partial charge in [-0.05, 0) is 42.8 Å². The highest BCUT2D eigenvalue weighted by molar-refractivity contribution is 5.85. The van der Waals surface area contributed by atoms with Crippen LogP contribution in [0.4, 0.5) is 4.39 Å². The maximum Gasteiger partial charge on any atom is 0.328 e. The van der Waals surface area contributed by atoms with Crippen LogP contribution in [-0.2, 0) is 11.4 Å². The molecular formula is C16H14FNO3. The first-order valence-electron chi connectivity index (χ1n) is 6.30. The lowest BCUT2D eigenvalue weighted by Crippen LogP contribution is -1.99. The van der Waals surface area contributed by atoms with Gasteiger partial charge in [0, 0.05) is 11.8 Å². The lowest BCUT2D eigenvalue weighted by molar-refractivity contribution is -0.131. The van der Waals surface area contributed by atoms with Crippen LogP contribution in [0.3, 0.4) is 0 Å². The number of carboxylic acid groups (broad SMARTS) is 1. The predicted octanol–water partition coefficient (Wildman–Crippen LogP) is 3.21. The van der Waals surface area contributed by atoms with Crippen molar-refractivity contribution in [1.82, 2.24) is 4.98 Å². The van der Waals surface area contributed by atoms with Crippen molar-refractivity contribution in [3.05, 3.63) is 65.2 Å². The number of hydrogen-bond donors (Lipinski definition) is 1. The van der Waals surface area contributed by atoms with E-state index in [2.05, 4.69) is 4.98 Å². The first kappa shape index (κ1) is 14.7. The summed E-state index contributed by atoms with van der Waals surface area (Å²) in [6.07, 6.45) is 2.39. The second-order valence-corrected chi connectivity index (χ2v) is 4.42. The van der Waals surface area contributed by atoms with Crippen molar-refractivity contribution in [3.63, 3.8) is 0 Å². The Morgan fingerprint density at radius 3 is 2.67 bits per heavy atom. The van der Waals surface area contributed by atoms with Crippen LogP contribution in [0.1, 0.15) is 17.0 Å². The number of hydrogen-bond acceptors (Lipinski definition) is 3. The number of halogens is 1. The average Bonchev–Trinajstić information content (AvgIpc) is 2.45. The number of rotatable bonds is 5. The number of carbonyl (C=O) groups is 1. The summed E-state index contributed by atoms with van der Waals surface area (Å²) in [6.45, 7) is 2.06. The maximum atomic E-state index is 12.8. The molecule has 0 amide bonds. The fourth-order valence-electron chi connectivity index (χ4n) is 1.70. The summed E-state index contributed by atoms with van der Waals surface area (Å²) in [6, 6.07) is 9.48. The third kappa shape index (κ3) is 4.42. The Kier molecular flexibility index (Phi) is 4.66. The molecule has 1 heterocycles. The molecular weight excluding hydrogens is 273 g/mol. The van der Waals surface area contributed by atoms with Gasteiger partial charge in [-0.3, -0.25) is 0 Å². The summed E-state index contributed by atoms with van der Waals surface area (Å²) >= 11 is 0. The van der Waals surface area contributed by atoms with Crippen molar-refractivity contribution < 1.29 is 19.0 Å². The number of benzene rings is 1. The molecule has 2 aromatic rings. The quantitative estimate of drug-likeness (QED) is 0.858. The van der Waals surface area contributed by atoms with E-state index in [1.807, 2.05) is 6.92 Å². The van der Waals surface area contributed by atoms with Gasteiger partial charge in [-0.15, -0.1) is 0 Å². The van der Waals surface area contributed by atoms with Crippen LogP contribution in [0.15, 0.2) is 42.5 Å². The topological polar surface area (TPSA) is 59.4 Å². The second kappa shape index (κ2) is 6.65. The highest BCUT2D eigenvalue weighted by atomic mass is 19.1. The highest BCUT2D eigenvalue weighted by Crippen LogP contribution is 2.20. The number of carboxylic acids is 1. The number of aliphatic carboxylic acids is 1. The molecule has 2 rings (SSSR count). The molecule has 1 aromatic heterocycles. The van der Waals surface area contributed by atoms with Crippen molar-refractivity contribution in [2.45, 2.75) is 13.5 Å². The van der Waals surface area contributed by atoms with Crippen LogP contribution < -0.4 is 4.74 Å². The molecule has 0 saturated carbocycles. The molecule has 21 heavy (non-hydrogen) atoms. The molecule has 1 N–H and O–H groups in total. The highest BCUT2D eigenvalue weighted by Gasteiger charge is 2.04. The van der Waals surface area contributed by atoms with Gasteiger partial charge in [-0.2, -0.15) is 0 Å². The van der Waals surface area contributed by atoms with E-state index < -0.39 is 5.97 Å². The zero-order valence-corrected chi connectivity index (χ0v) is 11.4. The minimum absolute atomic E-state index is 0.249. The summed E-state index contributed by atoms with van der Waals surface area (Å²) in [5.41, 5.74) is 2.01. The lowest BCUT2D eigenvalue weighted by Gasteiger charge is -2.09. The minimum atomic E-state index is -1.05. The Labute approximate surface area is 121 Å². The summed E-state index contributed by atoms with van der Waals surface area (Å²) in [5, 5.41) is 8.68. The van der Waals surface area contributed by atoms with Crippen molar-refractivity contribution in [1.29, 1.82) is 0 Å². The van der Waals surface area contributed by atoms with Gasteiger partial charge in [0.1, 0.15) is 23.9 Å². The normalized spacial score (nSPS) is 10.8. The summed E-state index contributed by atoms with van der Waals surface area (Å²) in [5.74, 6) is -0.883. The van der Waals surface area contributed by atoms with E-state index in [4.69, 9.17) is 9.84 Å². The number of pyridine rings is 1. The molecule has 0 spiro atoms. The minimum Gasteiger partial charge on any atom is -0.487 e. The van der Waals surface area contributed by atoms with Gasteiger partial charge in [0.15, 0.2) is 0 Å². The molecule has 0 aliphatic rings. The monoisotopic (exact) mass is 287 g/mol. The van der Waals surface area contributed by atoms with E-state index in [1.165, 1.54) is 18.2 Å². The molecule has 5 heteroatoms. The van der Waals surface area contributed by atoms with Crippen molar-refractivity contribution in [2.24, 2.45) is 0 Å². The zero-order chi connectivity index (χ0) is 15.2. The van der Waals surface area contributed by atoms with Gasteiger partial charge in [0.2, 0.25) is 0 Å². The number of ether oxygens (including phenoxy) is 1. The summed E-state index contributed by atoms with van der Waals surface area (Å²) in [4.78, 5) is 14.8. The van der Waals surface area contributed by atoms with Crippen molar-refractivity contribution in [2.75, 3.05) is 0 Å². The van der Waals surface area contributed by atoms with E-state index >= 15 is 0 Å². The van der Waals surface area contributed by atoms with Gasteiger partial charge in [-0.1, -0.05) is 12.1 Å². The van der Waals surface area contributed by atoms with E-state index in [-0.39, 0.29) is 12.4 Å². The Hall–Kier alpha value is -2.69. The molecule has 0 atom stereocenters. The molecule has 0 fully saturated rings. The van der Waals surface area contributed by atoms with Crippen LogP contribution in [-0.4, -0.2) is 16.1 Å². The smallest absolute Gasteiger partial charge is 0.328 e.